The summed E-state index contributed by atoms with van der Waals surface area (Å²) in [6, 6.07) is 35.9. The zero-order valence-electron chi connectivity index (χ0n) is 25.3. The van der Waals surface area contributed by atoms with Crippen molar-refractivity contribution in [3.63, 3.8) is 0 Å². The summed E-state index contributed by atoms with van der Waals surface area (Å²) in [5.41, 5.74) is 13.1. The number of para-hydroxylation sites is 1. The highest BCUT2D eigenvalue weighted by Gasteiger charge is 2.21. The van der Waals surface area contributed by atoms with Crippen LogP contribution in [0.15, 0.2) is 175 Å². The van der Waals surface area contributed by atoms with Crippen LogP contribution in [0.25, 0.3) is 39.3 Å². The third-order valence-corrected chi connectivity index (χ3v) is 8.65. The molecule has 1 unspecified atom stereocenters. The second-order valence-corrected chi connectivity index (χ2v) is 11.6. The van der Waals surface area contributed by atoms with Gasteiger partial charge in [0.15, 0.2) is 0 Å². The molecule has 220 valence electrons. The number of hydrogen-bond donors (Lipinski definition) is 1. The number of allylic oxidation sites excluding steroid dienone is 7. The number of rotatable bonds is 4. The lowest BCUT2D eigenvalue weighted by Crippen LogP contribution is -2.24. The van der Waals surface area contributed by atoms with Gasteiger partial charge in [-0.05, 0) is 101 Å². The molecule has 3 aromatic heterocycles. The standard InChI is InChI=1S/C42H32N4/c1-29-21-22-31-12-3-2-11-30(31)13-8-15-33(25-29)38-27-34(28-39(45-38)37-18-6-7-23-43-37)32-14-9-16-35(26-32)46-40-19-5-4-17-36(40)42-41(46)20-10-24-44-42/h2-12,14-28,39,45H,1,13H2/b15-8-,22-21-,33-25?. The van der Waals surface area contributed by atoms with Gasteiger partial charge >= 0.3 is 0 Å². The first kappa shape index (κ1) is 27.5. The summed E-state index contributed by atoms with van der Waals surface area (Å²) in [5.74, 6) is 0. The monoisotopic (exact) mass is 592 g/mol. The minimum atomic E-state index is -0.105. The van der Waals surface area contributed by atoms with Crippen molar-refractivity contribution in [2.75, 3.05) is 0 Å². The number of hydrogen-bond acceptors (Lipinski definition) is 3. The van der Waals surface area contributed by atoms with Crippen molar-refractivity contribution in [3.8, 4) is 5.69 Å². The Morgan fingerprint density at radius 3 is 2.50 bits per heavy atom. The van der Waals surface area contributed by atoms with Crippen molar-refractivity contribution in [2.24, 2.45) is 0 Å². The fourth-order valence-corrected chi connectivity index (χ4v) is 6.44. The van der Waals surface area contributed by atoms with Gasteiger partial charge in [-0.25, -0.2) is 0 Å². The van der Waals surface area contributed by atoms with Crippen LogP contribution < -0.4 is 5.32 Å². The Balaban J connectivity index is 1.24. The minimum Gasteiger partial charge on any atom is -0.373 e. The van der Waals surface area contributed by atoms with E-state index in [4.69, 9.17) is 9.97 Å². The first-order valence-electron chi connectivity index (χ1n) is 15.6. The van der Waals surface area contributed by atoms with Gasteiger partial charge in [-0.2, -0.15) is 0 Å². The molecule has 0 saturated heterocycles. The third-order valence-electron chi connectivity index (χ3n) is 8.65. The van der Waals surface area contributed by atoms with Crippen LogP contribution in [-0.2, 0) is 6.42 Å². The molecular formula is C42H32N4. The summed E-state index contributed by atoms with van der Waals surface area (Å²) in [6.07, 6.45) is 19.9. The molecule has 4 heteroatoms. The molecule has 1 aliphatic carbocycles. The molecule has 0 saturated carbocycles. The van der Waals surface area contributed by atoms with Gasteiger partial charge in [-0.15, -0.1) is 0 Å². The van der Waals surface area contributed by atoms with Crippen LogP contribution in [0.5, 0.6) is 0 Å². The highest BCUT2D eigenvalue weighted by atomic mass is 15.0. The Labute approximate surface area is 268 Å². The van der Waals surface area contributed by atoms with Crippen molar-refractivity contribution < 1.29 is 0 Å². The van der Waals surface area contributed by atoms with Crippen LogP contribution in [0.2, 0.25) is 0 Å². The average molecular weight is 593 g/mol. The SMILES string of the molecule is C=C1C=C(C2=CC(c3cccc(-n4c5ccccc5c5ncccc54)c3)=CC(c3ccccn3)N2)/C=C\Cc2ccccc2/C=C\1. The highest BCUT2D eigenvalue weighted by Crippen LogP contribution is 2.34. The van der Waals surface area contributed by atoms with Crippen molar-refractivity contribution in [1.29, 1.82) is 0 Å². The maximum atomic E-state index is 4.74. The van der Waals surface area contributed by atoms with E-state index in [0.29, 0.717) is 0 Å². The summed E-state index contributed by atoms with van der Waals surface area (Å²) in [6.45, 7) is 4.36. The van der Waals surface area contributed by atoms with Crippen LogP contribution in [0.1, 0.15) is 28.4 Å². The molecule has 6 aromatic rings. The quantitative estimate of drug-likeness (QED) is 0.222. The molecule has 46 heavy (non-hydrogen) atoms. The van der Waals surface area contributed by atoms with E-state index < -0.39 is 0 Å². The van der Waals surface area contributed by atoms with E-state index in [1.165, 1.54) is 11.1 Å². The highest BCUT2D eigenvalue weighted by molar-refractivity contribution is 6.07. The number of pyridine rings is 2. The first-order chi connectivity index (χ1) is 22.7. The lowest BCUT2D eigenvalue weighted by Gasteiger charge is -2.26. The van der Waals surface area contributed by atoms with Gasteiger partial charge in [0, 0.05) is 29.2 Å². The number of aromatic nitrogens is 3. The Kier molecular flexibility index (Phi) is 7.08. The van der Waals surface area contributed by atoms with E-state index in [1.54, 1.807) is 0 Å². The van der Waals surface area contributed by atoms with E-state index in [1.807, 2.05) is 30.6 Å². The predicted octanol–water partition coefficient (Wildman–Crippen LogP) is 9.49. The normalized spacial score (nSPS) is 17.8. The Hall–Kier alpha value is -6.00. The molecule has 1 aliphatic heterocycles. The second kappa shape index (κ2) is 11.8. The van der Waals surface area contributed by atoms with Crippen LogP contribution in [0, 0.1) is 0 Å². The Bertz CT molecular complexity index is 2220. The average Bonchev–Trinajstić information content (AvgIpc) is 3.45. The fraction of sp³-hybridized carbons (Fsp3) is 0.0476. The molecule has 0 radical (unpaired) electrons. The number of benzene rings is 3. The van der Waals surface area contributed by atoms with Gasteiger partial charge in [-0.1, -0.05) is 91.5 Å². The maximum Gasteiger partial charge on any atom is 0.0963 e. The zero-order chi connectivity index (χ0) is 30.9. The molecule has 1 N–H and O–H groups in total. The fourth-order valence-electron chi connectivity index (χ4n) is 6.44. The number of dihydropyridines is 1. The zero-order valence-corrected chi connectivity index (χ0v) is 25.3. The van der Waals surface area contributed by atoms with Crippen LogP contribution in [-0.4, -0.2) is 14.5 Å². The molecule has 4 heterocycles. The van der Waals surface area contributed by atoms with Crippen LogP contribution >= 0.6 is 0 Å². The molecule has 0 bridgehead atoms. The van der Waals surface area contributed by atoms with E-state index in [0.717, 1.165) is 67.7 Å². The molecule has 0 fully saturated rings. The summed E-state index contributed by atoms with van der Waals surface area (Å²) >= 11 is 0. The van der Waals surface area contributed by atoms with Gasteiger partial charge in [0.2, 0.25) is 0 Å². The summed E-state index contributed by atoms with van der Waals surface area (Å²) in [7, 11) is 0. The van der Waals surface area contributed by atoms with Gasteiger partial charge in [0.25, 0.3) is 0 Å². The van der Waals surface area contributed by atoms with E-state index in [2.05, 4.69) is 144 Å². The van der Waals surface area contributed by atoms with Gasteiger partial charge in [0.1, 0.15) is 0 Å². The lowest BCUT2D eigenvalue weighted by molar-refractivity contribution is 0.695. The van der Waals surface area contributed by atoms with Crippen LogP contribution in [0.3, 0.4) is 0 Å². The smallest absolute Gasteiger partial charge is 0.0963 e. The van der Waals surface area contributed by atoms with Crippen molar-refractivity contribution in [1.82, 2.24) is 19.9 Å². The molecule has 8 rings (SSSR count). The van der Waals surface area contributed by atoms with Crippen molar-refractivity contribution in [3.05, 3.63) is 198 Å². The first-order valence-corrected chi connectivity index (χ1v) is 15.6. The van der Waals surface area contributed by atoms with Gasteiger partial charge in [-0.3, -0.25) is 9.97 Å². The molecule has 3 aromatic carbocycles. The van der Waals surface area contributed by atoms with E-state index in [9.17, 15) is 0 Å². The van der Waals surface area contributed by atoms with Crippen molar-refractivity contribution in [2.45, 2.75) is 12.5 Å². The molecular weight excluding hydrogens is 560 g/mol. The van der Waals surface area contributed by atoms with Gasteiger partial charge in [0.05, 0.1) is 28.3 Å². The van der Waals surface area contributed by atoms with Crippen LogP contribution in [0.4, 0.5) is 0 Å². The molecule has 0 amide bonds. The maximum absolute atomic E-state index is 4.74. The molecule has 0 spiro atoms. The van der Waals surface area contributed by atoms with Crippen molar-refractivity contribution >= 4 is 33.6 Å². The molecule has 1 atom stereocenters. The number of fused-ring (bicyclic) bond motifs is 4. The lowest BCUT2D eigenvalue weighted by atomic mass is 9.93. The molecule has 4 nitrogen and oxygen atoms in total. The molecule has 2 aliphatic rings. The Morgan fingerprint density at radius 2 is 1.57 bits per heavy atom. The van der Waals surface area contributed by atoms with E-state index >= 15 is 0 Å². The summed E-state index contributed by atoms with van der Waals surface area (Å²) in [5, 5.41) is 4.92. The van der Waals surface area contributed by atoms with Gasteiger partial charge < -0.3 is 9.88 Å². The minimum absolute atomic E-state index is 0.105. The summed E-state index contributed by atoms with van der Waals surface area (Å²) < 4.78 is 2.31. The predicted molar refractivity (Wildman–Crippen MR) is 190 cm³/mol. The number of nitrogens with one attached hydrogen (secondary N) is 1. The second-order valence-electron chi connectivity index (χ2n) is 11.6. The topological polar surface area (TPSA) is 42.7 Å². The third kappa shape index (κ3) is 5.20. The largest absolute Gasteiger partial charge is 0.373 e. The summed E-state index contributed by atoms with van der Waals surface area (Å²) in [4.78, 5) is 9.46. The number of nitrogens with zero attached hydrogens (tertiary/aromatic N) is 3. The van der Waals surface area contributed by atoms with E-state index in [-0.39, 0.29) is 6.04 Å². The Morgan fingerprint density at radius 1 is 0.717 bits per heavy atom.